The van der Waals surface area contributed by atoms with E-state index in [0.29, 0.717) is 12.0 Å². The Morgan fingerprint density at radius 1 is 1.19 bits per heavy atom. The second kappa shape index (κ2) is 5.54. The second-order valence-corrected chi connectivity index (χ2v) is 7.45. The summed E-state index contributed by atoms with van der Waals surface area (Å²) in [6.07, 6.45) is 2.24. The highest BCUT2D eigenvalue weighted by Gasteiger charge is 2.42. The predicted octanol–water partition coefficient (Wildman–Crippen LogP) is 4.45. The Labute approximate surface area is 131 Å². The van der Waals surface area contributed by atoms with Crippen LogP contribution < -0.4 is 5.32 Å². The normalized spacial score (nSPS) is 21.2. The van der Waals surface area contributed by atoms with Gasteiger partial charge in [0.05, 0.1) is 11.2 Å². The molecule has 1 aliphatic carbocycles. The summed E-state index contributed by atoms with van der Waals surface area (Å²) < 4.78 is 0. The van der Waals surface area contributed by atoms with Crippen LogP contribution in [0.1, 0.15) is 61.9 Å². The number of hydrogen-bond acceptors (Lipinski definition) is 3. The standard InChI is InChI=1S/C18H24N2S/c1-12(2)16-11-21-17(19-16)18(20-13(3)4)10-9-14-7-5-6-8-15(14)18/h5-8,11-13,20H,9-10H2,1-4H3. The van der Waals surface area contributed by atoms with E-state index < -0.39 is 0 Å². The van der Waals surface area contributed by atoms with E-state index >= 15 is 0 Å². The van der Waals surface area contributed by atoms with Gasteiger partial charge in [0.2, 0.25) is 0 Å². The zero-order chi connectivity index (χ0) is 15.0. The first-order valence-electron chi connectivity index (χ1n) is 7.85. The molecular formula is C18H24N2S. The molecule has 1 N–H and O–H groups in total. The van der Waals surface area contributed by atoms with Crippen LogP contribution in [0.15, 0.2) is 29.6 Å². The van der Waals surface area contributed by atoms with Crippen LogP contribution in [0, 0.1) is 0 Å². The zero-order valence-electron chi connectivity index (χ0n) is 13.3. The fourth-order valence-electron chi connectivity index (χ4n) is 3.29. The Bertz CT molecular complexity index is 630. The Kier molecular flexibility index (Phi) is 3.89. The maximum atomic E-state index is 4.97. The zero-order valence-corrected chi connectivity index (χ0v) is 14.1. The van der Waals surface area contributed by atoms with Crippen LogP contribution in [-0.2, 0) is 12.0 Å². The summed E-state index contributed by atoms with van der Waals surface area (Å²) in [4.78, 5) is 4.97. The van der Waals surface area contributed by atoms with Crippen molar-refractivity contribution in [2.24, 2.45) is 0 Å². The highest BCUT2D eigenvalue weighted by molar-refractivity contribution is 7.09. The number of aromatic nitrogens is 1. The summed E-state index contributed by atoms with van der Waals surface area (Å²) in [6, 6.07) is 9.26. The molecule has 1 aromatic carbocycles. The molecule has 2 nitrogen and oxygen atoms in total. The molecule has 21 heavy (non-hydrogen) atoms. The molecule has 3 heteroatoms. The second-order valence-electron chi connectivity index (χ2n) is 6.59. The minimum atomic E-state index is -0.0947. The third-order valence-corrected chi connectivity index (χ3v) is 5.28. The third kappa shape index (κ3) is 2.53. The van der Waals surface area contributed by atoms with Crippen molar-refractivity contribution < 1.29 is 0 Å². The molecule has 0 aliphatic heterocycles. The van der Waals surface area contributed by atoms with Crippen LogP contribution >= 0.6 is 11.3 Å². The van der Waals surface area contributed by atoms with Gasteiger partial charge >= 0.3 is 0 Å². The molecule has 1 atom stereocenters. The summed E-state index contributed by atoms with van der Waals surface area (Å²) in [5, 5.41) is 7.28. The predicted molar refractivity (Wildman–Crippen MR) is 90.0 cm³/mol. The molecule has 0 saturated carbocycles. The number of nitrogens with one attached hydrogen (secondary N) is 1. The quantitative estimate of drug-likeness (QED) is 0.902. The first-order valence-corrected chi connectivity index (χ1v) is 8.73. The highest BCUT2D eigenvalue weighted by atomic mass is 32.1. The largest absolute Gasteiger partial charge is 0.299 e. The van der Waals surface area contributed by atoms with Crippen molar-refractivity contribution in [2.75, 3.05) is 0 Å². The molecule has 3 rings (SSSR count). The molecule has 2 aromatic rings. The lowest BCUT2D eigenvalue weighted by molar-refractivity contribution is 0.360. The first kappa shape index (κ1) is 14.7. The lowest BCUT2D eigenvalue weighted by Gasteiger charge is -2.32. The summed E-state index contributed by atoms with van der Waals surface area (Å²) in [6.45, 7) is 8.87. The van der Waals surface area contributed by atoms with Crippen molar-refractivity contribution in [1.29, 1.82) is 0 Å². The van der Waals surface area contributed by atoms with Gasteiger partial charge in [0.15, 0.2) is 0 Å². The Morgan fingerprint density at radius 3 is 2.62 bits per heavy atom. The number of aryl methyl sites for hydroxylation is 1. The number of nitrogens with zero attached hydrogens (tertiary/aromatic N) is 1. The van der Waals surface area contributed by atoms with Crippen molar-refractivity contribution >= 4 is 11.3 Å². The molecule has 1 unspecified atom stereocenters. The van der Waals surface area contributed by atoms with Gasteiger partial charge in [0.25, 0.3) is 0 Å². The molecule has 0 radical (unpaired) electrons. The van der Waals surface area contributed by atoms with E-state index in [4.69, 9.17) is 4.98 Å². The summed E-state index contributed by atoms with van der Waals surface area (Å²) in [5.41, 5.74) is 4.00. The monoisotopic (exact) mass is 300 g/mol. The van der Waals surface area contributed by atoms with E-state index in [-0.39, 0.29) is 5.54 Å². The van der Waals surface area contributed by atoms with E-state index in [9.17, 15) is 0 Å². The number of rotatable bonds is 4. The number of fused-ring (bicyclic) bond motifs is 1. The van der Waals surface area contributed by atoms with Crippen molar-refractivity contribution in [3.63, 3.8) is 0 Å². The average molecular weight is 300 g/mol. The molecule has 1 aliphatic rings. The molecule has 0 fully saturated rings. The Morgan fingerprint density at radius 2 is 1.95 bits per heavy atom. The molecule has 0 amide bonds. The van der Waals surface area contributed by atoms with Gasteiger partial charge in [-0.1, -0.05) is 38.1 Å². The van der Waals surface area contributed by atoms with Crippen LogP contribution in [0.4, 0.5) is 0 Å². The molecular weight excluding hydrogens is 276 g/mol. The smallest absolute Gasteiger partial charge is 0.118 e. The van der Waals surface area contributed by atoms with Crippen molar-refractivity contribution in [3.8, 4) is 0 Å². The lowest BCUT2D eigenvalue weighted by atomic mass is 9.91. The fourth-order valence-corrected chi connectivity index (χ4v) is 4.47. The minimum Gasteiger partial charge on any atom is -0.299 e. The van der Waals surface area contributed by atoms with Crippen molar-refractivity contribution in [1.82, 2.24) is 10.3 Å². The fraction of sp³-hybridized carbons (Fsp3) is 0.500. The summed E-state index contributed by atoms with van der Waals surface area (Å²) in [7, 11) is 0. The van der Waals surface area contributed by atoms with Gasteiger partial charge in [-0.25, -0.2) is 4.98 Å². The van der Waals surface area contributed by atoms with E-state index in [1.54, 1.807) is 11.3 Å². The molecule has 0 bridgehead atoms. The lowest BCUT2D eigenvalue weighted by Crippen LogP contribution is -2.45. The van der Waals surface area contributed by atoms with Gasteiger partial charge in [-0.2, -0.15) is 0 Å². The van der Waals surface area contributed by atoms with Crippen LogP contribution in [0.2, 0.25) is 0 Å². The highest BCUT2D eigenvalue weighted by Crippen LogP contribution is 2.43. The molecule has 1 aromatic heterocycles. The molecule has 0 spiro atoms. The summed E-state index contributed by atoms with van der Waals surface area (Å²) in [5.74, 6) is 0.489. The van der Waals surface area contributed by atoms with Gasteiger partial charge in [-0.3, -0.25) is 5.32 Å². The molecule has 112 valence electrons. The van der Waals surface area contributed by atoms with Gasteiger partial charge < -0.3 is 0 Å². The van der Waals surface area contributed by atoms with Crippen molar-refractivity contribution in [2.45, 2.75) is 58.0 Å². The average Bonchev–Trinajstić information content (AvgIpc) is 3.05. The first-order chi connectivity index (χ1) is 10.0. The van der Waals surface area contributed by atoms with E-state index in [0.717, 1.165) is 12.8 Å². The molecule has 0 saturated heterocycles. The van der Waals surface area contributed by atoms with E-state index in [1.807, 2.05) is 0 Å². The van der Waals surface area contributed by atoms with Gasteiger partial charge in [0, 0.05) is 11.4 Å². The van der Waals surface area contributed by atoms with Crippen LogP contribution in [0.5, 0.6) is 0 Å². The van der Waals surface area contributed by atoms with Gasteiger partial charge in [0.1, 0.15) is 5.01 Å². The number of hydrogen-bond donors (Lipinski definition) is 1. The number of benzene rings is 1. The minimum absolute atomic E-state index is 0.0947. The van der Waals surface area contributed by atoms with Crippen LogP contribution in [0.3, 0.4) is 0 Å². The Balaban J connectivity index is 2.10. The SMILES string of the molecule is CC(C)NC1(c2nc(C(C)C)cs2)CCc2ccccc21. The van der Waals surface area contributed by atoms with Crippen LogP contribution in [-0.4, -0.2) is 11.0 Å². The molecule has 1 heterocycles. The van der Waals surface area contributed by atoms with Gasteiger partial charge in [-0.05, 0) is 43.7 Å². The van der Waals surface area contributed by atoms with Gasteiger partial charge in [-0.15, -0.1) is 11.3 Å². The van der Waals surface area contributed by atoms with E-state index in [2.05, 4.69) is 62.7 Å². The topological polar surface area (TPSA) is 24.9 Å². The maximum absolute atomic E-state index is 4.97. The Hall–Kier alpha value is -1.19. The van der Waals surface area contributed by atoms with Crippen LogP contribution in [0.25, 0.3) is 0 Å². The number of thiazole rings is 1. The maximum Gasteiger partial charge on any atom is 0.118 e. The summed E-state index contributed by atoms with van der Waals surface area (Å²) >= 11 is 1.81. The third-order valence-electron chi connectivity index (χ3n) is 4.26. The van der Waals surface area contributed by atoms with E-state index in [1.165, 1.54) is 21.8 Å². The van der Waals surface area contributed by atoms with Crippen molar-refractivity contribution in [3.05, 3.63) is 51.5 Å².